The van der Waals surface area contributed by atoms with Crippen molar-refractivity contribution >= 4 is 21.4 Å². The number of nitrogens with zero attached hydrogens (tertiary/aromatic N) is 2. The Balaban J connectivity index is 1.35. The molecule has 250 valence electrons. The number of hydrogen-bond acceptors (Lipinski definition) is 8. The van der Waals surface area contributed by atoms with Crippen molar-refractivity contribution in [1.82, 2.24) is 5.32 Å². The number of anilines is 1. The number of ether oxygens (including phenoxy) is 3. The zero-order chi connectivity index (χ0) is 34.0. The van der Waals surface area contributed by atoms with E-state index in [4.69, 9.17) is 4.74 Å². The number of benzene rings is 3. The molecule has 2 heterocycles. The van der Waals surface area contributed by atoms with E-state index in [2.05, 4.69) is 14.8 Å². The fourth-order valence-electron chi connectivity index (χ4n) is 5.91. The van der Waals surface area contributed by atoms with Crippen molar-refractivity contribution in [2.75, 3.05) is 23.8 Å². The van der Waals surface area contributed by atoms with Crippen LogP contribution in [0.4, 0.5) is 23.2 Å². The molecule has 3 aromatic carbocycles. The molecule has 47 heavy (non-hydrogen) atoms. The maximum Gasteiger partial charge on any atom is 0.586 e. The average molecular weight is 676 g/mol. The number of carbonyl (C=O) groups excluding carboxylic acids is 1. The summed E-state index contributed by atoms with van der Waals surface area (Å²) in [4.78, 5) is 15.3. The van der Waals surface area contributed by atoms with Crippen molar-refractivity contribution in [3.05, 3.63) is 83.4 Å². The van der Waals surface area contributed by atoms with Crippen LogP contribution in [0, 0.1) is 11.3 Å². The standard InChI is InChI=1S/C33H33F4N3O6S/c1-3-47(42,43)26-11-6-21(7-12-26)27(15-17-38)39-30(41)22-4-9-25(10-5-22)40-19-24(14-16-32(40,2)20-44-31(34)35)23-8-13-28-29(18-23)46-33(36,37)45-28/h4-13,18,24,27,31H,3,14-16,19-20H2,1-2H3,(H,39,41)/t24-,27+,32-/m1/s1. The Morgan fingerprint density at radius 1 is 1.09 bits per heavy atom. The summed E-state index contributed by atoms with van der Waals surface area (Å²) in [5.74, 6) is -0.864. The zero-order valence-electron chi connectivity index (χ0n) is 25.6. The Kier molecular flexibility index (Phi) is 9.70. The molecule has 2 aliphatic heterocycles. The fourth-order valence-corrected chi connectivity index (χ4v) is 6.79. The van der Waals surface area contributed by atoms with Crippen molar-refractivity contribution < 1.29 is 45.0 Å². The van der Waals surface area contributed by atoms with Crippen molar-refractivity contribution in [3.8, 4) is 17.6 Å². The van der Waals surface area contributed by atoms with Gasteiger partial charge in [-0.2, -0.15) is 14.0 Å². The van der Waals surface area contributed by atoms with Crippen LogP contribution in [-0.2, 0) is 14.6 Å². The summed E-state index contributed by atoms with van der Waals surface area (Å²) in [6.45, 7) is 0.427. The minimum absolute atomic E-state index is 0.0567. The number of amides is 1. The second-order valence-electron chi connectivity index (χ2n) is 11.7. The van der Waals surface area contributed by atoms with Gasteiger partial charge >= 0.3 is 12.9 Å². The molecule has 1 N–H and O–H groups in total. The molecule has 1 amide bonds. The van der Waals surface area contributed by atoms with Gasteiger partial charge in [-0.25, -0.2) is 8.42 Å². The van der Waals surface area contributed by atoms with Gasteiger partial charge in [0, 0.05) is 23.7 Å². The van der Waals surface area contributed by atoms with Crippen LogP contribution in [-0.4, -0.2) is 51.7 Å². The molecule has 0 unspecified atom stereocenters. The van der Waals surface area contributed by atoms with Gasteiger partial charge in [-0.1, -0.05) is 25.1 Å². The van der Waals surface area contributed by atoms with E-state index in [0.29, 0.717) is 36.2 Å². The number of carbonyl (C=O) groups is 1. The Morgan fingerprint density at radius 2 is 1.77 bits per heavy atom. The number of nitriles is 1. The number of alkyl halides is 4. The largest absolute Gasteiger partial charge is 0.586 e. The summed E-state index contributed by atoms with van der Waals surface area (Å²) in [6.07, 6.45) is -2.82. The molecule has 0 bridgehead atoms. The van der Waals surface area contributed by atoms with Crippen molar-refractivity contribution in [3.63, 3.8) is 0 Å². The molecule has 0 spiro atoms. The number of nitrogens with one attached hydrogen (secondary N) is 1. The lowest BCUT2D eigenvalue weighted by atomic mass is 9.80. The third kappa shape index (κ3) is 7.63. The maximum absolute atomic E-state index is 13.6. The average Bonchev–Trinajstić information content (AvgIpc) is 3.37. The first-order chi connectivity index (χ1) is 22.2. The van der Waals surface area contributed by atoms with Crippen LogP contribution >= 0.6 is 0 Å². The van der Waals surface area contributed by atoms with E-state index in [1.165, 1.54) is 24.3 Å². The summed E-state index contributed by atoms with van der Waals surface area (Å²) < 4.78 is 91.6. The van der Waals surface area contributed by atoms with Crippen LogP contribution in [0.3, 0.4) is 0 Å². The molecule has 0 aliphatic carbocycles. The molecule has 2 aliphatic rings. The van der Waals surface area contributed by atoms with Gasteiger partial charge in [-0.15, -0.1) is 8.78 Å². The highest BCUT2D eigenvalue weighted by Crippen LogP contribution is 2.45. The molecule has 0 aromatic heterocycles. The van der Waals surface area contributed by atoms with Gasteiger partial charge in [0.25, 0.3) is 5.91 Å². The van der Waals surface area contributed by atoms with E-state index in [1.807, 2.05) is 11.0 Å². The number of rotatable bonds is 11. The first kappa shape index (κ1) is 34.0. The summed E-state index contributed by atoms with van der Waals surface area (Å²) in [7, 11) is -3.41. The van der Waals surface area contributed by atoms with Gasteiger partial charge in [0.2, 0.25) is 0 Å². The van der Waals surface area contributed by atoms with Crippen LogP contribution in [0.15, 0.2) is 71.6 Å². The van der Waals surface area contributed by atoms with E-state index in [9.17, 15) is 36.0 Å². The number of piperidine rings is 1. The Bertz CT molecular complexity index is 1750. The second kappa shape index (κ2) is 13.4. The van der Waals surface area contributed by atoms with Gasteiger partial charge in [0.05, 0.1) is 41.3 Å². The van der Waals surface area contributed by atoms with E-state index in [-0.39, 0.29) is 46.7 Å². The topological polar surface area (TPSA) is 118 Å². The Labute approximate surface area is 270 Å². The Hall–Kier alpha value is -4.35. The van der Waals surface area contributed by atoms with Gasteiger partial charge < -0.3 is 24.4 Å². The first-order valence-corrected chi connectivity index (χ1v) is 16.6. The highest BCUT2D eigenvalue weighted by atomic mass is 32.2. The molecule has 1 saturated heterocycles. The molecular weight excluding hydrogens is 642 g/mol. The monoisotopic (exact) mass is 675 g/mol. The van der Waals surface area contributed by atoms with E-state index >= 15 is 0 Å². The molecule has 9 nitrogen and oxygen atoms in total. The van der Waals surface area contributed by atoms with Gasteiger partial charge in [-0.05, 0) is 79.4 Å². The number of halogens is 4. The molecule has 0 radical (unpaired) electrons. The van der Waals surface area contributed by atoms with Crippen LogP contribution in [0.5, 0.6) is 11.5 Å². The molecule has 3 atom stereocenters. The van der Waals surface area contributed by atoms with Crippen molar-refractivity contribution in [2.45, 2.75) is 68.4 Å². The number of fused-ring (bicyclic) bond motifs is 1. The smallest absolute Gasteiger partial charge is 0.395 e. The SMILES string of the molecule is CCS(=O)(=O)c1ccc([C@H](CC#N)NC(=O)c2ccc(N3C[C@H](c4ccc5c(c4)OC(F)(F)O5)CC[C@]3(C)COC(F)F)cc2)cc1. The van der Waals surface area contributed by atoms with Gasteiger partial charge in [0.15, 0.2) is 21.3 Å². The van der Waals surface area contributed by atoms with E-state index in [0.717, 1.165) is 0 Å². The molecule has 0 saturated carbocycles. The summed E-state index contributed by atoms with van der Waals surface area (Å²) in [5.41, 5.74) is 1.33. The minimum atomic E-state index is -3.75. The quantitative estimate of drug-likeness (QED) is 0.227. The second-order valence-corrected chi connectivity index (χ2v) is 14.0. The highest BCUT2D eigenvalue weighted by molar-refractivity contribution is 7.91. The molecule has 1 fully saturated rings. The first-order valence-electron chi connectivity index (χ1n) is 14.9. The molecule has 14 heteroatoms. The van der Waals surface area contributed by atoms with Gasteiger partial charge in [0.1, 0.15) is 0 Å². The predicted molar refractivity (Wildman–Crippen MR) is 163 cm³/mol. The summed E-state index contributed by atoms with van der Waals surface area (Å²) in [6, 6.07) is 18.5. The summed E-state index contributed by atoms with van der Waals surface area (Å²) >= 11 is 0. The fraction of sp³-hybridized carbons (Fsp3) is 0.394. The van der Waals surface area contributed by atoms with Crippen molar-refractivity contribution in [1.29, 1.82) is 5.26 Å². The molecule has 5 rings (SSSR count). The summed E-state index contributed by atoms with van der Waals surface area (Å²) in [5, 5.41) is 12.2. The number of hydrogen-bond donors (Lipinski definition) is 1. The lowest BCUT2D eigenvalue weighted by molar-refractivity contribution is -0.286. The van der Waals surface area contributed by atoms with Crippen molar-refractivity contribution in [2.24, 2.45) is 0 Å². The van der Waals surface area contributed by atoms with Gasteiger partial charge in [-0.3, -0.25) is 4.79 Å². The minimum Gasteiger partial charge on any atom is -0.395 e. The van der Waals surface area contributed by atoms with Crippen LogP contribution in [0.2, 0.25) is 0 Å². The highest BCUT2D eigenvalue weighted by Gasteiger charge is 2.44. The van der Waals surface area contributed by atoms with Crippen LogP contribution < -0.4 is 19.7 Å². The maximum atomic E-state index is 13.6. The Morgan fingerprint density at radius 3 is 2.40 bits per heavy atom. The number of sulfone groups is 1. The third-order valence-electron chi connectivity index (χ3n) is 8.57. The lowest BCUT2D eigenvalue weighted by Gasteiger charge is -2.49. The van der Waals surface area contributed by atoms with Crippen LogP contribution in [0.1, 0.15) is 66.6 Å². The predicted octanol–water partition coefficient (Wildman–Crippen LogP) is 6.57. The molecular formula is C33H33F4N3O6S. The van der Waals surface area contributed by atoms with Crippen LogP contribution in [0.25, 0.3) is 0 Å². The molecule has 3 aromatic rings. The zero-order valence-corrected chi connectivity index (χ0v) is 26.4. The van der Waals surface area contributed by atoms with E-state index < -0.39 is 40.2 Å². The third-order valence-corrected chi connectivity index (χ3v) is 10.3. The lowest BCUT2D eigenvalue weighted by Crippen LogP contribution is -2.55. The normalized spacial score (nSPS) is 20.9. The van der Waals surface area contributed by atoms with E-state index in [1.54, 1.807) is 56.3 Å².